The summed E-state index contributed by atoms with van der Waals surface area (Å²) in [5.74, 6) is -3.76. The molecule has 0 bridgehead atoms. The predicted octanol–water partition coefficient (Wildman–Crippen LogP) is -20.5. The summed E-state index contributed by atoms with van der Waals surface area (Å²) >= 11 is 0. The fourth-order valence-electron chi connectivity index (χ4n) is 15.3. The standard InChI is InChI=1S/C68H116N4O49/c1-16-34(85)45(96)50(101)63(106-16)104-14-23(84)53(36(87)22(7-73)69-18(3)80)115-61-32(71-20(5)82)43(94)54(28(12-78)112-61)116-65-52(103)56(118-68-58(48(99)39(90)27(11-77)111-68)120-60-31(70-19(4)81)42(93)37(88)24(8-74)108-60)41(92)30(114-65)15-105-66-57(47(98)38(89)25(9-75)109-66)119-62-33(72-21(6)83)44(95)55(29(13-79)113-62)117-67-59(49(100)40(91)26(10-76)110-67)121-64-51(102)46(97)35(86)17(2)107-64/h16-17,22-68,73-79,84-103H,7-15H2,1-6H3,(H,69,80)(H,70,81)(H,71,82)(H,72,83)/t16-,17-,22-,23+,24+,25+,26+,27+,28+,29+,30+,31+,32+,33+,34+,35+,36+,37+,38+,39+,40-,41+,42+,43+,44+,45+,46+,47-,48-,49-,50-,51-,52-,53+,54+,55+,56-,57-,58-,59+,60-,61-,62-,63+,64-,65-,66-,67-,68+/m0/s1. The topological polar surface area (TPSA) is 829 Å². The van der Waals surface area contributed by atoms with Gasteiger partial charge in [0.15, 0.2) is 56.6 Å². The summed E-state index contributed by atoms with van der Waals surface area (Å²) in [5.41, 5.74) is 0. The van der Waals surface area contributed by atoms with Gasteiger partial charge >= 0.3 is 0 Å². The quantitative estimate of drug-likeness (QED) is 0.0284. The van der Waals surface area contributed by atoms with Gasteiger partial charge in [-0.05, 0) is 13.8 Å². The molecular weight excluding hydrogens is 1660 g/mol. The zero-order chi connectivity index (χ0) is 89.5. The van der Waals surface area contributed by atoms with Gasteiger partial charge in [-0.3, -0.25) is 19.2 Å². The lowest BCUT2D eigenvalue weighted by atomic mass is 9.94. The third-order valence-electron chi connectivity index (χ3n) is 22.0. The molecule has 0 spiro atoms. The van der Waals surface area contributed by atoms with E-state index in [-0.39, 0.29) is 0 Å². The van der Waals surface area contributed by atoms with Crippen molar-refractivity contribution < 1.29 is 242 Å². The van der Waals surface area contributed by atoms with Gasteiger partial charge in [0.1, 0.15) is 226 Å². The minimum atomic E-state index is -2.61. The molecule has 9 aliphatic rings. The van der Waals surface area contributed by atoms with E-state index in [9.17, 15) is 157 Å². The molecule has 0 saturated carbocycles. The van der Waals surface area contributed by atoms with E-state index in [1.165, 1.54) is 13.8 Å². The summed E-state index contributed by atoms with van der Waals surface area (Å²) in [6.07, 6.45) is -93.4. The van der Waals surface area contributed by atoms with Gasteiger partial charge in [-0.2, -0.15) is 0 Å². The number of ether oxygens (including phenoxy) is 18. The second-order valence-electron chi connectivity index (χ2n) is 30.7. The zero-order valence-corrected chi connectivity index (χ0v) is 65.7. The molecule has 9 rings (SSSR count). The van der Waals surface area contributed by atoms with Crippen LogP contribution in [0.15, 0.2) is 0 Å². The van der Waals surface area contributed by atoms with E-state index in [1.54, 1.807) is 0 Å². The minimum absolute atomic E-state index is 0.863. The van der Waals surface area contributed by atoms with Crippen molar-refractivity contribution >= 4 is 23.6 Å². The van der Waals surface area contributed by atoms with E-state index in [0.717, 1.165) is 27.7 Å². The highest BCUT2D eigenvalue weighted by Gasteiger charge is 2.61. The maximum atomic E-state index is 13.2. The van der Waals surface area contributed by atoms with Crippen LogP contribution in [-0.2, 0) is 104 Å². The Morgan fingerprint density at radius 3 is 1.08 bits per heavy atom. The number of aliphatic hydroxyl groups is 27. The van der Waals surface area contributed by atoms with Crippen molar-refractivity contribution in [1.29, 1.82) is 0 Å². The maximum absolute atomic E-state index is 13.2. The molecule has 53 nitrogen and oxygen atoms in total. The summed E-state index contributed by atoms with van der Waals surface area (Å²) in [7, 11) is 0. The Morgan fingerprint density at radius 1 is 0.306 bits per heavy atom. The first-order valence-corrected chi connectivity index (χ1v) is 38.8. The summed E-state index contributed by atoms with van der Waals surface area (Å²) in [5, 5.41) is 311. The van der Waals surface area contributed by atoms with Crippen LogP contribution in [0.1, 0.15) is 41.5 Å². The number of aliphatic hydroxyl groups excluding tert-OH is 27. The number of nitrogens with one attached hydrogen (secondary N) is 4. The Balaban J connectivity index is 1.05. The molecular formula is C68H116N4O49. The number of hydrogen-bond acceptors (Lipinski definition) is 49. The molecule has 53 heteroatoms. The number of rotatable bonds is 34. The second kappa shape index (κ2) is 44.4. The number of hydrogen-bond donors (Lipinski definition) is 31. The first-order chi connectivity index (χ1) is 57.1. The van der Waals surface area contributed by atoms with Gasteiger partial charge in [-0.25, -0.2) is 0 Å². The van der Waals surface area contributed by atoms with Crippen LogP contribution < -0.4 is 21.3 Å². The van der Waals surface area contributed by atoms with Crippen LogP contribution in [0.2, 0.25) is 0 Å². The third kappa shape index (κ3) is 23.0. The van der Waals surface area contributed by atoms with Crippen LogP contribution in [0.4, 0.5) is 0 Å². The summed E-state index contributed by atoms with van der Waals surface area (Å²) in [6, 6.07) is -7.63. The van der Waals surface area contributed by atoms with Crippen LogP contribution in [-0.4, -0.2) is 521 Å². The fourth-order valence-corrected chi connectivity index (χ4v) is 15.3. The molecule has 9 aliphatic heterocycles. The first-order valence-electron chi connectivity index (χ1n) is 38.8. The summed E-state index contributed by atoms with van der Waals surface area (Å²) in [6.45, 7) is -3.94. The van der Waals surface area contributed by atoms with E-state index >= 15 is 0 Å². The van der Waals surface area contributed by atoms with Crippen molar-refractivity contribution in [2.45, 2.75) is 342 Å². The lowest BCUT2D eigenvalue weighted by Crippen LogP contribution is -2.70. The number of amides is 4. The minimum Gasteiger partial charge on any atom is -0.394 e. The molecule has 31 N–H and O–H groups in total. The van der Waals surface area contributed by atoms with Gasteiger partial charge in [0, 0.05) is 27.7 Å². The molecule has 0 radical (unpaired) electrons. The van der Waals surface area contributed by atoms with Crippen LogP contribution in [0.3, 0.4) is 0 Å². The van der Waals surface area contributed by atoms with Crippen LogP contribution >= 0.6 is 0 Å². The molecule has 0 aromatic carbocycles. The molecule has 0 aromatic heterocycles. The normalized spacial score (nSPS) is 47.3. The molecule has 0 aliphatic carbocycles. The van der Waals surface area contributed by atoms with Crippen molar-refractivity contribution in [3.8, 4) is 0 Å². The first kappa shape index (κ1) is 101. The highest BCUT2D eigenvalue weighted by Crippen LogP contribution is 2.40. The molecule has 4 amide bonds. The molecule has 702 valence electrons. The molecule has 9 fully saturated rings. The molecule has 0 unspecified atom stereocenters. The monoisotopic (exact) mass is 1770 g/mol. The highest BCUT2D eigenvalue weighted by molar-refractivity contribution is 5.74. The molecule has 121 heavy (non-hydrogen) atoms. The van der Waals surface area contributed by atoms with Gasteiger partial charge in [-0.1, -0.05) is 0 Å². The lowest BCUT2D eigenvalue weighted by Gasteiger charge is -2.51. The molecule has 49 atom stereocenters. The second-order valence-corrected chi connectivity index (χ2v) is 30.7. The van der Waals surface area contributed by atoms with E-state index < -0.39 is 384 Å². The van der Waals surface area contributed by atoms with Crippen LogP contribution in [0, 0.1) is 0 Å². The van der Waals surface area contributed by atoms with Gasteiger partial charge in [0.05, 0.1) is 77.7 Å². The Morgan fingerprint density at radius 2 is 0.645 bits per heavy atom. The average molecular weight is 1770 g/mol. The lowest BCUT2D eigenvalue weighted by molar-refractivity contribution is -0.397. The van der Waals surface area contributed by atoms with Crippen molar-refractivity contribution in [1.82, 2.24) is 21.3 Å². The average Bonchev–Trinajstić information content (AvgIpc) is 0.971. The van der Waals surface area contributed by atoms with Gasteiger partial charge in [-0.15, -0.1) is 0 Å². The summed E-state index contributed by atoms with van der Waals surface area (Å²) in [4.78, 5) is 51.2. The molecule has 0 aromatic rings. The van der Waals surface area contributed by atoms with E-state index in [1.807, 2.05) is 0 Å². The Bertz CT molecular complexity index is 3220. The largest absolute Gasteiger partial charge is 0.394 e. The van der Waals surface area contributed by atoms with Crippen molar-refractivity contribution in [3.05, 3.63) is 0 Å². The van der Waals surface area contributed by atoms with E-state index in [0.29, 0.717) is 0 Å². The molecule has 9 saturated heterocycles. The van der Waals surface area contributed by atoms with E-state index in [4.69, 9.17) is 85.3 Å². The van der Waals surface area contributed by atoms with Gasteiger partial charge in [0.25, 0.3) is 0 Å². The van der Waals surface area contributed by atoms with Gasteiger partial charge < -0.3 is 244 Å². The van der Waals surface area contributed by atoms with Crippen molar-refractivity contribution in [2.24, 2.45) is 0 Å². The van der Waals surface area contributed by atoms with E-state index in [2.05, 4.69) is 21.3 Å². The molecule has 9 heterocycles. The SMILES string of the molecule is CC(=O)N[C@H]1[C@H](O[C@@H]([C@H](O)[C@H](CO)NC(C)=O)[C@H](O)CO[C@@H]2O[C@@H](C)[C@@H](O)[C@@H](O)[C@@H]2O)O[C@H](CO)[C@@H](O[C@@H]2O[C@H](CO[C@H]3O[C@H](CO)[C@@H](O)[C@H](O)[C@@H]3O[C@@H]3O[C@H](CO)[C@@H](O[C@@H]4O[C@H](CO)[C@H](O)[C@H](O)[C@H]4O[C@@H]4O[C@@H](C)[C@@H](O)[C@@H](O)[C@@H]4O)[C@H](O)[C@H]3NC(C)=O)[C@@H](O)[C@H](O[C@H]3O[C@H](CO)[C@@H](O)[C@H](O)[C@@H]3O[C@@H]3O[C@H](CO)[C@@H](O)[C@H](O)[C@H]3NC(C)=O)[C@@H]2O)[C@@H]1O. The highest BCUT2D eigenvalue weighted by atomic mass is 16.8. The number of carbonyl (C=O) groups is 4. The zero-order valence-electron chi connectivity index (χ0n) is 65.7. The number of carbonyl (C=O) groups excluding carboxylic acids is 4. The van der Waals surface area contributed by atoms with Crippen molar-refractivity contribution in [3.63, 3.8) is 0 Å². The maximum Gasteiger partial charge on any atom is 0.217 e. The Kier molecular flexibility index (Phi) is 37.0. The van der Waals surface area contributed by atoms with Gasteiger partial charge in [0.2, 0.25) is 23.6 Å². The van der Waals surface area contributed by atoms with Crippen LogP contribution in [0.25, 0.3) is 0 Å². The fraction of sp³-hybridized carbons (Fsp3) is 0.941. The van der Waals surface area contributed by atoms with Crippen molar-refractivity contribution in [2.75, 3.05) is 59.5 Å². The Hall–Kier alpha value is -3.92. The van der Waals surface area contributed by atoms with Crippen LogP contribution in [0.5, 0.6) is 0 Å². The predicted molar refractivity (Wildman–Crippen MR) is 375 cm³/mol. The summed E-state index contributed by atoms with van der Waals surface area (Å²) < 4.78 is 107. The third-order valence-corrected chi connectivity index (χ3v) is 22.0. The smallest absolute Gasteiger partial charge is 0.217 e. The Labute approximate surface area is 686 Å².